The van der Waals surface area contributed by atoms with Crippen molar-refractivity contribution < 1.29 is 4.74 Å². The molecule has 0 aromatic heterocycles. The number of piperazine rings is 1. The number of hydrogen-bond donors (Lipinski definition) is 1. The summed E-state index contributed by atoms with van der Waals surface area (Å²) >= 11 is 0. The molecule has 1 heterocycles. The molecule has 1 aliphatic rings. The lowest BCUT2D eigenvalue weighted by molar-refractivity contribution is 0.166. The minimum atomic E-state index is 0.492. The molecule has 0 unspecified atom stereocenters. The highest BCUT2D eigenvalue weighted by Gasteiger charge is 2.21. The van der Waals surface area contributed by atoms with E-state index in [-0.39, 0.29) is 0 Å². The summed E-state index contributed by atoms with van der Waals surface area (Å²) in [5.74, 6) is 0.923. The van der Waals surface area contributed by atoms with E-state index in [4.69, 9.17) is 4.74 Å². The highest BCUT2D eigenvalue weighted by molar-refractivity contribution is 5.29. The second-order valence-electron chi connectivity index (χ2n) is 4.94. The van der Waals surface area contributed by atoms with E-state index in [2.05, 4.69) is 41.1 Å². The number of methoxy groups -OCH3 is 1. The average molecular weight is 260 g/mol. The number of nitrogens with one attached hydrogen (secondary N) is 1. The van der Waals surface area contributed by atoms with E-state index in [0.29, 0.717) is 6.04 Å². The van der Waals surface area contributed by atoms with Crippen molar-refractivity contribution in [3.8, 4) is 5.75 Å². The predicted octanol–water partition coefficient (Wildman–Crippen LogP) is 2.61. The zero-order valence-electron chi connectivity index (χ0n) is 11.8. The van der Waals surface area contributed by atoms with Crippen LogP contribution in [0.1, 0.15) is 24.4 Å². The molecule has 0 bridgehead atoms. The van der Waals surface area contributed by atoms with Gasteiger partial charge in [-0.05, 0) is 30.5 Å². The minimum Gasteiger partial charge on any atom is -0.497 e. The van der Waals surface area contributed by atoms with Gasteiger partial charge in [-0.3, -0.25) is 4.90 Å². The van der Waals surface area contributed by atoms with Crippen LogP contribution in [-0.4, -0.2) is 38.2 Å². The molecule has 1 aromatic carbocycles. The van der Waals surface area contributed by atoms with Crippen LogP contribution >= 0.6 is 0 Å². The van der Waals surface area contributed by atoms with Crippen LogP contribution in [0.2, 0.25) is 0 Å². The van der Waals surface area contributed by atoms with Crippen LogP contribution < -0.4 is 10.1 Å². The summed E-state index contributed by atoms with van der Waals surface area (Å²) in [5, 5.41) is 3.41. The molecule has 1 aromatic rings. The number of benzene rings is 1. The zero-order chi connectivity index (χ0) is 13.5. The Morgan fingerprint density at radius 2 is 2.00 bits per heavy atom. The summed E-state index contributed by atoms with van der Waals surface area (Å²) in [5.41, 5.74) is 1.38. The number of rotatable bonds is 6. The van der Waals surface area contributed by atoms with Crippen molar-refractivity contribution in [3.63, 3.8) is 0 Å². The van der Waals surface area contributed by atoms with Crippen molar-refractivity contribution >= 4 is 0 Å². The standard InChI is InChI=1S/C16H24N2O/c1-3-4-5-16(18-12-10-17-11-13-18)14-6-8-15(19-2)9-7-14/h3,6-9,16-17H,1,4-5,10-13H2,2H3/t16-/m1/s1. The van der Waals surface area contributed by atoms with Gasteiger partial charge in [-0.25, -0.2) is 0 Å². The molecule has 0 aliphatic carbocycles. The molecule has 1 aliphatic heterocycles. The summed E-state index contributed by atoms with van der Waals surface area (Å²) in [6.07, 6.45) is 4.20. The third-order valence-electron chi connectivity index (χ3n) is 3.74. The van der Waals surface area contributed by atoms with Gasteiger partial charge in [0.05, 0.1) is 7.11 Å². The van der Waals surface area contributed by atoms with Gasteiger partial charge in [-0.15, -0.1) is 6.58 Å². The van der Waals surface area contributed by atoms with Crippen LogP contribution in [0.5, 0.6) is 5.75 Å². The SMILES string of the molecule is C=CCC[C@H](c1ccc(OC)cc1)N1CCNCC1. The average Bonchev–Trinajstić information content (AvgIpc) is 2.49. The van der Waals surface area contributed by atoms with Crippen molar-refractivity contribution in [2.75, 3.05) is 33.3 Å². The summed E-state index contributed by atoms with van der Waals surface area (Å²) < 4.78 is 5.24. The van der Waals surface area contributed by atoms with Crippen molar-refractivity contribution in [1.29, 1.82) is 0 Å². The van der Waals surface area contributed by atoms with E-state index >= 15 is 0 Å². The minimum absolute atomic E-state index is 0.492. The van der Waals surface area contributed by atoms with E-state index in [9.17, 15) is 0 Å². The zero-order valence-corrected chi connectivity index (χ0v) is 11.8. The van der Waals surface area contributed by atoms with Crippen LogP contribution in [0.15, 0.2) is 36.9 Å². The predicted molar refractivity (Wildman–Crippen MR) is 79.6 cm³/mol. The van der Waals surface area contributed by atoms with Gasteiger partial charge in [0.25, 0.3) is 0 Å². The van der Waals surface area contributed by atoms with Gasteiger partial charge in [-0.2, -0.15) is 0 Å². The summed E-state index contributed by atoms with van der Waals surface area (Å²) in [7, 11) is 1.71. The normalized spacial score (nSPS) is 17.9. The van der Waals surface area contributed by atoms with E-state index < -0.39 is 0 Å². The maximum Gasteiger partial charge on any atom is 0.118 e. The van der Waals surface area contributed by atoms with Gasteiger partial charge in [0.1, 0.15) is 5.75 Å². The van der Waals surface area contributed by atoms with Gasteiger partial charge in [-0.1, -0.05) is 18.2 Å². The van der Waals surface area contributed by atoms with Crippen LogP contribution in [0.3, 0.4) is 0 Å². The molecule has 3 heteroatoms. The molecule has 19 heavy (non-hydrogen) atoms. The summed E-state index contributed by atoms with van der Waals surface area (Å²) in [6, 6.07) is 8.98. The highest BCUT2D eigenvalue weighted by Crippen LogP contribution is 2.27. The largest absolute Gasteiger partial charge is 0.497 e. The number of nitrogens with zero attached hydrogens (tertiary/aromatic N) is 1. The van der Waals surface area contributed by atoms with E-state index in [1.54, 1.807) is 7.11 Å². The van der Waals surface area contributed by atoms with Crippen LogP contribution in [-0.2, 0) is 0 Å². The Kier molecular flexibility index (Phi) is 5.43. The lowest BCUT2D eigenvalue weighted by atomic mass is 9.99. The lowest BCUT2D eigenvalue weighted by Crippen LogP contribution is -2.45. The summed E-state index contributed by atoms with van der Waals surface area (Å²) in [4.78, 5) is 2.57. The number of ether oxygens (including phenoxy) is 1. The van der Waals surface area contributed by atoms with E-state index in [1.165, 1.54) is 5.56 Å². The Hall–Kier alpha value is -1.32. The molecular formula is C16H24N2O. The Balaban J connectivity index is 2.12. The quantitative estimate of drug-likeness (QED) is 0.796. The van der Waals surface area contributed by atoms with Crippen LogP contribution in [0.25, 0.3) is 0 Å². The molecular weight excluding hydrogens is 236 g/mol. The molecule has 1 saturated heterocycles. The second-order valence-corrected chi connectivity index (χ2v) is 4.94. The fourth-order valence-electron chi connectivity index (χ4n) is 2.66. The third kappa shape index (κ3) is 3.82. The first-order valence-corrected chi connectivity index (χ1v) is 7.04. The molecule has 1 atom stereocenters. The summed E-state index contributed by atoms with van der Waals surface area (Å²) in [6.45, 7) is 8.25. The molecule has 2 rings (SSSR count). The van der Waals surface area contributed by atoms with Crippen LogP contribution in [0.4, 0.5) is 0 Å². The van der Waals surface area contributed by atoms with Crippen molar-refractivity contribution in [3.05, 3.63) is 42.5 Å². The molecule has 0 radical (unpaired) electrons. The Bertz CT molecular complexity index is 382. The molecule has 3 nitrogen and oxygen atoms in total. The third-order valence-corrected chi connectivity index (χ3v) is 3.74. The smallest absolute Gasteiger partial charge is 0.118 e. The molecule has 1 N–H and O–H groups in total. The molecule has 0 saturated carbocycles. The first-order chi connectivity index (χ1) is 9.35. The van der Waals surface area contributed by atoms with Crippen LogP contribution in [0, 0.1) is 0 Å². The van der Waals surface area contributed by atoms with E-state index in [0.717, 1.165) is 44.8 Å². The first kappa shape index (κ1) is 14.1. The van der Waals surface area contributed by atoms with Crippen molar-refractivity contribution in [1.82, 2.24) is 10.2 Å². The Morgan fingerprint density at radius 1 is 1.32 bits per heavy atom. The Labute approximate surface area is 116 Å². The Morgan fingerprint density at radius 3 is 2.58 bits per heavy atom. The molecule has 1 fully saturated rings. The molecule has 104 valence electrons. The van der Waals surface area contributed by atoms with Gasteiger partial charge in [0, 0.05) is 32.2 Å². The lowest BCUT2D eigenvalue weighted by Gasteiger charge is -2.35. The first-order valence-electron chi connectivity index (χ1n) is 7.04. The van der Waals surface area contributed by atoms with Crippen molar-refractivity contribution in [2.45, 2.75) is 18.9 Å². The monoisotopic (exact) mass is 260 g/mol. The molecule has 0 amide bonds. The van der Waals surface area contributed by atoms with E-state index in [1.807, 2.05) is 6.08 Å². The molecule has 0 spiro atoms. The fraction of sp³-hybridized carbons (Fsp3) is 0.500. The maximum absolute atomic E-state index is 5.24. The number of hydrogen-bond acceptors (Lipinski definition) is 3. The van der Waals surface area contributed by atoms with Crippen molar-refractivity contribution in [2.24, 2.45) is 0 Å². The maximum atomic E-state index is 5.24. The highest BCUT2D eigenvalue weighted by atomic mass is 16.5. The number of allylic oxidation sites excluding steroid dienone is 1. The fourth-order valence-corrected chi connectivity index (χ4v) is 2.66. The topological polar surface area (TPSA) is 24.5 Å². The van der Waals surface area contributed by atoms with Gasteiger partial charge in [0.2, 0.25) is 0 Å². The van der Waals surface area contributed by atoms with Gasteiger partial charge < -0.3 is 10.1 Å². The second kappa shape index (κ2) is 7.31. The van der Waals surface area contributed by atoms with Gasteiger partial charge >= 0.3 is 0 Å². The van der Waals surface area contributed by atoms with Gasteiger partial charge in [0.15, 0.2) is 0 Å².